The lowest BCUT2D eigenvalue weighted by molar-refractivity contribution is -0.147. The molecule has 140 valence electrons. The lowest BCUT2D eigenvalue weighted by Gasteiger charge is -2.51. The molecule has 3 aliphatic heterocycles. The molecule has 0 amide bonds. The van der Waals surface area contributed by atoms with Crippen LogP contribution in [0.4, 0.5) is 0 Å². The predicted molar refractivity (Wildman–Crippen MR) is 94.2 cm³/mol. The van der Waals surface area contributed by atoms with Crippen molar-refractivity contribution < 1.29 is 14.3 Å². The number of hydrogen-bond donors (Lipinski definition) is 0. The second-order valence-electron chi connectivity index (χ2n) is 9.70. The van der Waals surface area contributed by atoms with Crippen molar-refractivity contribution in [3.05, 3.63) is 0 Å². The van der Waals surface area contributed by atoms with E-state index in [1.807, 2.05) is 0 Å². The van der Waals surface area contributed by atoms with Crippen LogP contribution in [0.15, 0.2) is 0 Å². The average molecular weight is 348 g/mol. The van der Waals surface area contributed by atoms with Crippen LogP contribution in [-0.4, -0.2) is 73.9 Å². The molecule has 0 aromatic carbocycles. The molecule has 0 radical (unpaired) electrons. The second-order valence-corrected chi connectivity index (χ2v) is 9.70. The van der Waals surface area contributed by atoms with Crippen LogP contribution >= 0.6 is 0 Å². The fourth-order valence-corrected chi connectivity index (χ4v) is 6.47. The summed E-state index contributed by atoms with van der Waals surface area (Å²) >= 11 is 0. The zero-order valence-electron chi connectivity index (χ0n) is 15.7. The van der Waals surface area contributed by atoms with Gasteiger partial charge in [-0.2, -0.15) is 0 Å². The van der Waals surface area contributed by atoms with Gasteiger partial charge in [0.15, 0.2) is 0 Å². The van der Waals surface area contributed by atoms with E-state index in [2.05, 4.69) is 23.8 Å². The van der Waals surface area contributed by atoms with Gasteiger partial charge >= 0.3 is 5.97 Å². The Bertz CT molecular complexity index is 555. The quantitative estimate of drug-likeness (QED) is 0.562. The molecule has 0 N–H and O–H groups in total. The first-order valence-corrected chi connectivity index (χ1v) is 10.2. The average Bonchev–Trinajstić information content (AvgIpc) is 3.28. The van der Waals surface area contributed by atoms with Gasteiger partial charge in [0.2, 0.25) is 0 Å². The van der Waals surface area contributed by atoms with Gasteiger partial charge in [-0.1, -0.05) is 6.92 Å². The van der Waals surface area contributed by atoms with E-state index in [9.17, 15) is 4.79 Å². The van der Waals surface area contributed by atoms with E-state index in [4.69, 9.17) is 9.47 Å². The Hall–Kier alpha value is -0.650. The molecule has 0 bridgehead atoms. The number of epoxide rings is 1. The van der Waals surface area contributed by atoms with Crippen molar-refractivity contribution in [1.82, 2.24) is 9.80 Å². The van der Waals surface area contributed by atoms with E-state index < -0.39 is 0 Å². The van der Waals surface area contributed by atoms with E-state index in [1.54, 1.807) is 0 Å². The third-order valence-electron chi connectivity index (χ3n) is 8.13. The molecule has 0 aromatic heterocycles. The summed E-state index contributed by atoms with van der Waals surface area (Å²) < 4.78 is 11.9. The minimum atomic E-state index is 0.0712. The van der Waals surface area contributed by atoms with Crippen LogP contribution in [0.3, 0.4) is 0 Å². The number of likely N-dealkylation sites (N-methyl/N-ethyl adjacent to an activating group) is 1. The number of carbonyl (C=O) groups excluding carboxylic acids is 1. The number of esters is 1. The number of ether oxygens (including phenoxy) is 2. The summed E-state index contributed by atoms with van der Waals surface area (Å²) in [5, 5.41) is 0. The maximum atomic E-state index is 12.7. The van der Waals surface area contributed by atoms with Gasteiger partial charge in [0.25, 0.3) is 0 Å². The maximum Gasteiger partial charge on any atom is 0.310 e. The molecule has 0 aromatic rings. The molecule has 6 atom stereocenters. The normalized spacial score (nSPS) is 50.4. The minimum Gasteiger partial charge on any atom is -0.462 e. The predicted octanol–water partition coefficient (Wildman–Crippen LogP) is 1.76. The fourth-order valence-electron chi connectivity index (χ4n) is 6.47. The van der Waals surface area contributed by atoms with Crippen molar-refractivity contribution in [3.8, 4) is 0 Å². The summed E-state index contributed by atoms with van der Waals surface area (Å²) in [6.07, 6.45) is 6.10. The zero-order chi connectivity index (χ0) is 17.2. The molecular weight excluding hydrogens is 316 g/mol. The first kappa shape index (κ1) is 16.5. The molecule has 2 aliphatic carbocycles. The Morgan fingerprint density at radius 1 is 1.20 bits per heavy atom. The van der Waals surface area contributed by atoms with E-state index >= 15 is 0 Å². The van der Waals surface area contributed by atoms with Crippen molar-refractivity contribution in [3.63, 3.8) is 0 Å². The van der Waals surface area contributed by atoms with E-state index in [0.717, 1.165) is 52.2 Å². The van der Waals surface area contributed by atoms with Gasteiger partial charge in [-0.05, 0) is 50.5 Å². The van der Waals surface area contributed by atoms with Gasteiger partial charge in [0.1, 0.15) is 6.10 Å². The number of nitrogens with zero attached hydrogens (tertiary/aromatic N) is 2. The summed E-state index contributed by atoms with van der Waals surface area (Å²) in [6.45, 7) is 8.63. The summed E-state index contributed by atoms with van der Waals surface area (Å²) in [4.78, 5) is 17.5. The Labute approximate surface area is 151 Å². The second kappa shape index (κ2) is 5.67. The maximum absolute atomic E-state index is 12.7. The van der Waals surface area contributed by atoms with E-state index in [1.165, 1.54) is 19.3 Å². The van der Waals surface area contributed by atoms with Gasteiger partial charge in [-0.15, -0.1) is 0 Å². The van der Waals surface area contributed by atoms with Gasteiger partial charge in [-0.3, -0.25) is 9.69 Å². The SMILES string of the molecule is CN1CCN(C[C@H]2C(=O)O[C@@H]3C[C@@]4(C)CCC[C@]5(CO5)[C@@H]4C[C@@H]32)CC1. The van der Waals surface area contributed by atoms with Gasteiger partial charge in [0.05, 0.1) is 18.1 Å². The molecule has 5 fully saturated rings. The molecule has 3 saturated heterocycles. The number of piperazine rings is 1. The number of fused-ring (bicyclic) bond motifs is 3. The Kier molecular flexibility index (Phi) is 3.75. The molecule has 5 aliphatic rings. The van der Waals surface area contributed by atoms with Gasteiger partial charge in [0, 0.05) is 38.6 Å². The Morgan fingerprint density at radius 2 is 1.96 bits per heavy atom. The molecule has 0 unspecified atom stereocenters. The standard InChI is InChI=1S/C20H32N2O3/c1-19-4-3-5-20(13-24-20)17(19)10-14-15(18(23)25-16(14)11-19)12-22-8-6-21(2)7-9-22/h14-17H,3-13H2,1-2H3/t14-,15-,16-,17-,19-,20+/m1/s1. The highest BCUT2D eigenvalue weighted by Crippen LogP contribution is 2.62. The number of rotatable bonds is 2. The lowest BCUT2D eigenvalue weighted by Crippen LogP contribution is -2.52. The van der Waals surface area contributed by atoms with Crippen LogP contribution in [0.1, 0.15) is 39.0 Å². The molecule has 5 rings (SSSR count). The zero-order valence-corrected chi connectivity index (χ0v) is 15.7. The largest absolute Gasteiger partial charge is 0.462 e. The summed E-state index contributed by atoms with van der Waals surface area (Å²) in [5.74, 6) is 1.18. The highest BCUT2D eigenvalue weighted by Gasteiger charge is 2.65. The van der Waals surface area contributed by atoms with Crippen LogP contribution in [0.25, 0.3) is 0 Å². The fraction of sp³-hybridized carbons (Fsp3) is 0.950. The van der Waals surface area contributed by atoms with Crippen molar-refractivity contribution in [2.75, 3.05) is 46.4 Å². The lowest BCUT2D eigenvalue weighted by atomic mass is 9.53. The molecular formula is C20H32N2O3. The monoisotopic (exact) mass is 348 g/mol. The molecule has 1 spiro atoms. The van der Waals surface area contributed by atoms with E-state index in [0.29, 0.717) is 17.3 Å². The first-order chi connectivity index (χ1) is 12.0. The molecule has 25 heavy (non-hydrogen) atoms. The molecule has 5 nitrogen and oxygen atoms in total. The Balaban J connectivity index is 1.33. The van der Waals surface area contributed by atoms with E-state index in [-0.39, 0.29) is 23.6 Å². The first-order valence-electron chi connectivity index (χ1n) is 10.2. The van der Waals surface area contributed by atoms with Gasteiger partial charge < -0.3 is 14.4 Å². The molecule has 2 saturated carbocycles. The third-order valence-corrected chi connectivity index (χ3v) is 8.13. The van der Waals surface area contributed by atoms with Crippen LogP contribution in [0.5, 0.6) is 0 Å². The summed E-state index contributed by atoms with van der Waals surface area (Å²) in [5.41, 5.74) is 0.459. The van der Waals surface area contributed by atoms with Crippen molar-refractivity contribution in [2.24, 2.45) is 23.2 Å². The van der Waals surface area contributed by atoms with Crippen molar-refractivity contribution >= 4 is 5.97 Å². The van der Waals surface area contributed by atoms with Gasteiger partial charge in [-0.25, -0.2) is 0 Å². The highest BCUT2D eigenvalue weighted by molar-refractivity contribution is 5.75. The van der Waals surface area contributed by atoms with Crippen LogP contribution in [-0.2, 0) is 14.3 Å². The van der Waals surface area contributed by atoms with Crippen molar-refractivity contribution in [1.29, 1.82) is 0 Å². The minimum absolute atomic E-state index is 0.0712. The summed E-state index contributed by atoms with van der Waals surface area (Å²) in [6, 6.07) is 0. The summed E-state index contributed by atoms with van der Waals surface area (Å²) in [7, 11) is 2.18. The van der Waals surface area contributed by atoms with Crippen LogP contribution in [0.2, 0.25) is 0 Å². The van der Waals surface area contributed by atoms with Crippen LogP contribution < -0.4 is 0 Å². The number of carbonyl (C=O) groups is 1. The number of hydrogen-bond acceptors (Lipinski definition) is 5. The highest BCUT2D eigenvalue weighted by atomic mass is 16.6. The molecule has 3 heterocycles. The third kappa shape index (κ3) is 2.65. The molecule has 5 heteroatoms. The van der Waals surface area contributed by atoms with Crippen LogP contribution in [0, 0.1) is 23.2 Å². The topological polar surface area (TPSA) is 45.3 Å². The van der Waals surface area contributed by atoms with Crippen molar-refractivity contribution in [2.45, 2.75) is 50.7 Å². The smallest absolute Gasteiger partial charge is 0.310 e. The Morgan fingerprint density at radius 3 is 2.68 bits per heavy atom.